The zero-order valence-electron chi connectivity index (χ0n) is 9.09. The number of nitrogens with zero attached hydrogens (tertiary/aromatic N) is 1. The highest BCUT2D eigenvalue weighted by Crippen LogP contribution is 1.80. The fourth-order valence-electron chi connectivity index (χ4n) is 0.890. The Hall–Kier alpha value is -1.10. The van der Waals surface area contributed by atoms with Gasteiger partial charge in [0.15, 0.2) is 0 Å². The van der Waals surface area contributed by atoms with Gasteiger partial charge in [0.05, 0.1) is 6.54 Å². The molecule has 0 rings (SSSR count). The minimum Gasteiger partial charge on any atom is -0.355 e. The number of hydrogen-bond donors (Lipinski definition) is 2. The van der Waals surface area contributed by atoms with Gasteiger partial charge >= 0.3 is 0 Å². The second-order valence-electron chi connectivity index (χ2n) is 3.42. The lowest BCUT2D eigenvalue weighted by molar-refractivity contribution is -0.125. The van der Waals surface area contributed by atoms with E-state index in [2.05, 4.69) is 15.5 Å². The van der Waals surface area contributed by atoms with Crippen molar-refractivity contribution in [3.05, 3.63) is 0 Å². The van der Waals surface area contributed by atoms with Gasteiger partial charge in [-0.2, -0.15) is 0 Å². The highest BCUT2D eigenvalue weighted by Gasteiger charge is 2.00. The lowest BCUT2D eigenvalue weighted by atomic mass is 10.4. The Kier molecular flexibility index (Phi) is 6.74. The fourth-order valence-corrected chi connectivity index (χ4v) is 0.890. The summed E-state index contributed by atoms with van der Waals surface area (Å²) >= 11 is 0. The van der Waals surface area contributed by atoms with Crippen LogP contribution < -0.4 is 10.6 Å². The highest BCUT2D eigenvalue weighted by atomic mass is 16.2. The van der Waals surface area contributed by atoms with Crippen molar-refractivity contribution in [1.82, 2.24) is 15.5 Å². The first-order chi connectivity index (χ1) is 6.52. The summed E-state index contributed by atoms with van der Waals surface area (Å²) in [4.78, 5) is 23.6. The summed E-state index contributed by atoms with van der Waals surface area (Å²) in [5.41, 5.74) is 0. The van der Waals surface area contributed by atoms with E-state index in [0.717, 1.165) is 13.0 Å². The van der Waals surface area contributed by atoms with Crippen molar-refractivity contribution in [2.24, 2.45) is 0 Å². The summed E-state index contributed by atoms with van der Waals surface area (Å²) in [6, 6.07) is 0. The summed E-state index contributed by atoms with van der Waals surface area (Å²) < 4.78 is 0. The quantitative estimate of drug-likeness (QED) is 0.553. The molecule has 2 N–H and O–H groups in total. The second kappa shape index (κ2) is 7.32. The summed E-state index contributed by atoms with van der Waals surface area (Å²) in [6.07, 6.45) is 0.915. The number of hydrogen-bond acceptors (Lipinski definition) is 3. The molecule has 5 nitrogen and oxygen atoms in total. The summed E-state index contributed by atoms with van der Waals surface area (Å²) in [6.45, 7) is 3.05. The molecule has 0 aromatic rings. The molecule has 0 spiro atoms. The van der Waals surface area contributed by atoms with Crippen LogP contribution in [-0.4, -0.2) is 50.4 Å². The van der Waals surface area contributed by atoms with E-state index in [1.807, 2.05) is 14.1 Å². The van der Waals surface area contributed by atoms with Crippen molar-refractivity contribution in [2.75, 3.05) is 33.7 Å². The number of carbonyl (C=O) groups is 2. The zero-order valence-corrected chi connectivity index (χ0v) is 9.09. The van der Waals surface area contributed by atoms with Gasteiger partial charge in [0.25, 0.3) is 0 Å². The van der Waals surface area contributed by atoms with E-state index in [0.29, 0.717) is 6.54 Å². The lowest BCUT2D eigenvalue weighted by Crippen LogP contribution is -2.36. The van der Waals surface area contributed by atoms with Crippen LogP contribution in [0.3, 0.4) is 0 Å². The SMILES string of the molecule is CC(=O)NCC(=O)NCCCN(C)C. The first-order valence-electron chi connectivity index (χ1n) is 4.68. The Labute approximate surface area is 84.8 Å². The second-order valence-corrected chi connectivity index (χ2v) is 3.42. The Morgan fingerprint density at radius 3 is 2.36 bits per heavy atom. The number of nitrogens with one attached hydrogen (secondary N) is 2. The molecule has 0 aliphatic heterocycles. The number of carbonyl (C=O) groups excluding carboxylic acids is 2. The third kappa shape index (κ3) is 8.99. The lowest BCUT2D eigenvalue weighted by Gasteiger charge is -2.09. The predicted octanol–water partition coefficient (Wildman–Crippen LogP) is -0.810. The minimum atomic E-state index is -0.187. The molecule has 0 fully saturated rings. The topological polar surface area (TPSA) is 61.4 Å². The Balaban J connectivity index is 3.31. The summed E-state index contributed by atoms with van der Waals surface area (Å²) in [5.74, 6) is -0.326. The maximum absolute atomic E-state index is 11.1. The molecule has 2 amide bonds. The van der Waals surface area contributed by atoms with Gasteiger partial charge in [0.1, 0.15) is 0 Å². The van der Waals surface area contributed by atoms with Crippen molar-refractivity contribution in [1.29, 1.82) is 0 Å². The van der Waals surface area contributed by atoms with Crippen molar-refractivity contribution in [2.45, 2.75) is 13.3 Å². The molecule has 0 unspecified atom stereocenters. The normalized spacial score (nSPS) is 10.0. The minimum absolute atomic E-state index is 0.0668. The largest absolute Gasteiger partial charge is 0.355 e. The van der Waals surface area contributed by atoms with Gasteiger partial charge in [-0.3, -0.25) is 9.59 Å². The third-order valence-corrected chi connectivity index (χ3v) is 1.60. The molecule has 82 valence electrons. The molecule has 0 aromatic carbocycles. The van der Waals surface area contributed by atoms with Gasteiger partial charge in [0, 0.05) is 13.5 Å². The smallest absolute Gasteiger partial charge is 0.239 e. The van der Waals surface area contributed by atoms with Gasteiger partial charge in [0.2, 0.25) is 11.8 Å². The van der Waals surface area contributed by atoms with Crippen LogP contribution in [-0.2, 0) is 9.59 Å². The number of amides is 2. The van der Waals surface area contributed by atoms with Gasteiger partial charge in [-0.25, -0.2) is 0 Å². The van der Waals surface area contributed by atoms with Crippen molar-refractivity contribution in [3.8, 4) is 0 Å². The Morgan fingerprint density at radius 2 is 1.86 bits per heavy atom. The monoisotopic (exact) mass is 201 g/mol. The molecule has 0 aromatic heterocycles. The van der Waals surface area contributed by atoms with E-state index >= 15 is 0 Å². The Morgan fingerprint density at radius 1 is 1.21 bits per heavy atom. The molecule has 0 atom stereocenters. The van der Waals surface area contributed by atoms with E-state index in [4.69, 9.17) is 0 Å². The van der Waals surface area contributed by atoms with E-state index in [1.54, 1.807) is 0 Å². The van der Waals surface area contributed by atoms with Crippen molar-refractivity contribution in [3.63, 3.8) is 0 Å². The van der Waals surface area contributed by atoms with Gasteiger partial charge in [-0.05, 0) is 27.1 Å². The van der Waals surface area contributed by atoms with Gasteiger partial charge in [-0.15, -0.1) is 0 Å². The predicted molar refractivity (Wildman–Crippen MR) is 54.9 cm³/mol. The van der Waals surface area contributed by atoms with E-state index < -0.39 is 0 Å². The molecular weight excluding hydrogens is 182 g/mol. The first kappa shape index (κ1) is 12.9. The van der Waals surface area contributed by atoms with E-state index in [9.17, 15) is 9.59 Å². The molecular formula is C9H19N3O2. The van der Waals surface area contributed by atoms with Gasteiger partial charge in [-0.1, -0.05) is 0 Å². The van der Waals surface area contributed by atoms with Crippen LogP contribution in [0.4, 0.5) is 0 Å². The molecule has 0 saturated heterocycles. The molecule has 0 aliphatic rings. The van der Waals surface area contributed by atoms with Crippen LogP contribution in [0.25, 0.3) is 0 Å². The summed E-state index contributed by atoms with van der Waals surface area (Å²) in [5, 5.41) is 5.15. The molecule has 0 bridgehead atoms. The summed E-state index contributed by atoms with van der Waals surface area (Å²) in [7, 11) is 3.97. The third-order valence-electron chi connectivity index (χ3n) is 1.60. The average Bonchev–Trinajstić information content (AvgIpc) is 2.08. The van der Waals surface area contributed by atoms with Crippen LogP contribution in [0.15, 0.2) is 0 Å². The fraction of sp³-hybridized carbons (Fsp3) is 0.778. The maximum atomic E-state index is 11.1. The molecule has 14 heavy (non-hydrogen) atoms. The molecule has 0 saturated carbocycles. The molecule has 0 aliphatic carbocycles. The number of rotatable bonds is 6. The van der Waals surface area contributed by atoms with Crippen LogP contribution in [0.5, 0.6) is 0 Å². The standard InChI is InChI=1S/C9H19N3O2/c1-8(13)11-7-9(14)10-5-4-6-12(2)3/h4-7H2,1-3H3,(H,10,14)(H,11,13). The molecule has 0 heterocycles. The molecule has 5 heteroatoms. The average molecular weight is 201 g/mol. The first-order valence-corrected chi connectivity index (χ1v) is 4.68. The maximum Gasteiger partial charge on any atom is 0.239 e. The van der Waals surface area contributed by atoms with Crippen LogP contribution >= 0.6 is 0 Å². The Bertz CT molecular complexity index is 192. The zero-order chi connectivity index (χ0) is 11.0. The van der Waals surface area contributed by atoms with Crippen LogP contribution in [0.1, 0.15) is 13.3 Å². The highest BCUT2D eigenvalue weighted by molar-refractivity contribution is 5.83. The van der Waals surface area contributed by atoms with Gasteiger partial charge < -0.3 is 15.5 Å². The van der Waals surface area contributed by atoms with Crippen LogP contribution in [0, 0.1) is 0 Å². The van der Waals surface area contributed by atoms with Crippen molar-refractivity contribution < 1.29 is 9.59 Å². The van der Waals surface area contributed by atoms with E-state index in [-0.39, 0.29) is 18.4 Å². The van der Waals surface area contributed by atoms with Crippen molar-refractivity contribution >= 4 is 11.8 Å². The molecule has 0 radical (unpaired) electrons. The van der Waals surface area contributed by atoms with Crippen LogP contribution in [0.2, 0.25) is 0 Å². The van der Waals surface area contributed by atoms with E-state index in [1.165, 1.54) is 6.92 Å².